The van der Waals surface area contributed by atoms with Gasteiger partial charge in [-0.1, -0.05) is 38.5 Å². The van der Waals surface area contributed by atoms with E-state index in [4.69, 9.17) is 0 Å². The van der Waals surface area contributed by atoms with E-state index in [2.05, 4.69) is 36.3 Å². The van der Waals surface area contributed by atoms with Gasteiger partial charge in [-0.15, -0.1) is 0 Å². The van der Waals surface area contributed by atoms with Crippen LogP contribution in [0.4, 0.5) is 21.9 Å². The summed E-state index contributed by atoms with van der Waals surface area (Å²) in [4.78, 5) is 29.0. The predicted octanol–water partition coefficient (Wildman–Crippen LogP) is 5.03. The van der Waals surface area contributed by atoms with Gasteiger partial charge in [-0.05, 0) is 55.2 Å². The minimum Gasteiger partial charge on any atom is -0.368 e. The Kier molecular flexibility index (Phi) is 6.88. The molecule has 0 bridgehead atoms. The molecule has 2 aromatic carbocycles. The number of aryl methyl sites for hydroxylation is 2. The van der Waals surface area contributed by atoms with Crippen LogP contribution in [-0.2, 0) is 4.79 Å². The molecule has 1 aliphatic rings. The van der Waals surface area contributed by atoms with Crippen LogP contribution in [0.1, 0.15) is 38.3 Å². The summed E-state index contributed by atoms with van der Waals surface area (Å²) in [5.41, 5.74) is 4.86. The number of hydrogen-bond acceptors (Lipinski definition) is 3. The van der Waals surface area contributed by atoms with Gasteiger partial charge < -0.3 is 20.4 Å². The molecule has 3 amide bonds. The lowest BCUT2D eigenvalue weighted by atomic mass is 9.91. The van der Waals surface area contributed by atoms with Gasteiger partial charge in [0.25, 0.3) is 0 Å². The average Bonchev–Trinajstić information content (AvgIpc) is 2.69. The third-order valence-corrected chi connectivity index (χ3v) is 5.43. The number of carbonyl (C=O) groups excluding carboxylic acids is 2. The molecule has 2 aromatic rings. The first-order valence-electron chi connectivity index (χ1n) is 10.9. The van der Waals surface area contributed by atoms with Crippen LogP contribution in [0, 0.1) is 19.3 Å². The lowest BCUT2D eigenvalue weighted by Gasteiger charge is -2.37. The largest absolute Gasteiger partial charge is 0.368 e. The third-order valence-electron chi connectivity index (χ3n) is 5.43. The quantitative estimate of drug-likeness (QED) is 0.726. The SMILES string of the molecule is Cc1ccc(NC(=O)Nc2ccc(N3CCN(C(=O)CC(C)(C)C)CC3)cc2)c(C)c1. The maximum atomic E-state index is 12.4. The first kappa shape index (κ1) is 22.7. The van der Waals surface area contributed by atoms with Crippen LogP contribution in [0.2, 0.25) is 0 Å². The molecule has 0 spiro atoms. The first-order valence-corrected chi connectivity index (χ1v) is 10.9. The van der Waals surface area contributed by atoms with E-state index < -0.39 is 0 Å². The number of carbonyl (C=O) groups is 2. The van der Waals surface area contributed by atoms with Gasteiger partial charge in [-0.25, -0.2) is 4.79 Å². The molecule has 31 heavy (non-hydrogen) atoms. The maximum Gasteiger partial charge on any atom is 0.323 e. The van der Waals surface area contributed by atoms with Gasteiger partial charge in [0.05, 0.1) is 0 Å². The number of amides is 3. The third kappa shape index (κ3) is 6.48. The van der Waals surface area contributed by atoms with Crippen molar-refractivity contribution in [3.05, 3.63) is 53.6 Å². The highest BCUT2D eigenvalue weighted by molar-refractivity contribution is 6.00. The molecule has 0 atom stereocenters. The molecular formula is C25H34N4O2. The van der Waals surface area contributed by atoms with Crippen LogP contribution in [0.3, 0.4) is 0 Å². The van der Waals surface area contributed by atoms with Crippen molar-refractivity contribution in [1.29, 1.82) is 0 Å². The van der Waals surface area contributed by atoms with Crippen LogP contribution in [0.25, 0.3) is 0 Å². The lowest BCUT2D eigenvalue weighted by molar-refractivity contribution is -0.133. The van der Waals surface area contributed by atoms with Crippen LogP contribution in [0.5, 0.6) is 0 Å². The smallest absolute Gasteiger partial charge is 0.323 e. The van der Waals surface area contributed by atoms with E-state index in [0.717, 1.165) is 48.8 Å². The van der Waals surface area contributed by atoms with E-state index in [9.17, 15) is 9.59 Å². The van der Waals surface area contributed by atoms with Crippen molar-refractivity contribution in [1.82, 2.24) is 4.90 Å². The van der Waals surface area contributed by atoms with E-state index in [1.807, 2.05) is 61.2 Å². The number of anilines is 3. The molecule has 2 N–H and O–H groups in total. The van der Waals surface area contributed by atoms with Crippen LogP contribution >= 0.6 is 0 Å². The highest BCUT2D eigenvalue weighted by Gasteiger charge is 2.24. The molecule has 1 aliphatic heterocycles. The number of nitrogens with zero attached hydrogens (tertiary/aromatic N) is 2. The Hall–Kier alpha value is -3.02. The Morgan fingerprint density at radius 1 is 0.903 bits per heavy atom. The Labute approximate surface area is 185 Å². The molecule has 1 heterocycles. The molecule has 0 aliphatic carbocycles. The highest BCUT2D eigenvalue weighted by Crippen LogP contribution is 2.23. The summed E-state index contributed by atoms with van der Waals surface area (Å²) >= 11 is 0. The summed E-state index contributed by atoms with van der Waals surface area (Å²) in [7, 11) is 0. The molecule has 3 rings (SSSR count). The Morgan fingerprint density at radius 3 is 2.13 bits per heavy atom. The van der Waals surface area contributed by atoms with Crippen molar-refractivity contribution >= 4 is 29.0 Å². The van der Waals surface area contributed by atoms with Crippen LogP contribution in [-0.4, -0.2) is 43.0 Å². The fourth-order valence-corrected chi connectivity index (χ4v) is 3.77. The molecule has 0 radical (unpaired) electrons. The first-order chi connectivity index (χ1) is 14.6. The van der Waals surface area contributed by atoms with Gasteiger partial charge in [-0.3, -0.25) is 4.79 Å². The number of benzene rings is 2. The summed E-state index contributed by atoms with van der Waals surface area (Å²) in [6, 6.07) is 13.5. The summed E-state index contributed by atoms with van der Waals surface area (Å²) in [5.74, 6) is 0.238. The zero-order chi connectivity index (χ0) is 22.6. The predicted molar refractivity (Wildman–Crippen MR) is 128 cm³/mol. The zero-order valence-corrected chi connectivity index (χ0v) is 19.3. The monoisotopic (exact) mass is 422 g/mol. The fraction of sp³-hybridized carbons (Fsp3) is 0.440. The van der Waals surface area contributed by atoms with E-state index in [1.54, 1.807) is 0 Å². The molecule has 0 aromatic heterocycles. The lowest BCUT2D eigenvalue weighted by Crippen LogP contribution is -2.49. The number of urea groups is 1. The normalized spacial score (nSPS) is 14.4. The number of nitrogens with one attached hydrogen (secondary N) is 2. The standard InChI is InChI=1S/C25H34N4O2/c1-18-6-11-22(19(2)16-18)27-24(31)26-20-7-9-21(10-8-20)28-12-14-29(15-13-28)23(30)17-25(3,4)5/h6-11,16H,12-15,17H2,1-5H3,(H2,26,27,31). The van der Waals surface area contributed by atoms with E-state index in [0.29, 0.717) is 6.42 Å². The number of hydrogen-bond donors (Lipinski definition) is 2. The average molecular weight is 423 g/mol. The molecule has 0 unspecified atom stereocenters. The Bertz CT molecular complexity index is 924. The van der Waals surface area contributed by atoms with E-state index in [1.165, 1.54) is 5.56 Å². The van der Waals surface area contributed by atoms with Gasteiger partial charge in [0.1, 0.15) is 0 Å². The summed E-state index contributed by atoms with van der Waals surface area (Å²) in [5, 5.41) is 5.78. The molecule has 6 heteroatoms. The van der Waals surface area contributed by atoms with Gasteiger partial charge in [-0.2, -0.15) is 0 Å². The van der Waals surface area contributed by atoms with Crippen molar-refractivity contribution in [2.75, 3.05) is 41.7 Å². The molecule has 166 valence electrons. The second-order valence-corrected chi connectivity index (χ2v) is 9.55. The van der Waals surface area contributed by atoms with Crippen molar-refractivity contribution in [2.45, 2.75) is 41.0 Å². The van der Waals surface area contributed by atoms with Gasteiger partial charge in [0.2, 0.25) is 5.91 Å². The van der Waals surface area contributed by atoms with Gasteiger partial charge in [0.15, 0.2) is 0 Å². The molecule has 1 fully saturated rings. The Morgan fingerprint density at radius 2 is 1.55 bits per heavy atom. The number of rotatable bonds is 4. The van der Waals surface area contributed by atoms with Crippen molar-refractivity contribution < 1.29 is 9.59 Å². The van der Waals surface area contributed by atoms with Crippen molar-refractivity contribution in [3.8, 4) is 0 Å². The summed E-state index contributed by atoms with van der Waals surface area (Å²) in [6.45, 7) is 13.4. The van der Waals surface area contributed by atoms with E-state index >= 15 is 0 Å². The minimum absolute atomic E-state index is 0.0154. The molecule has 0 saturated carbocycles. The molecular weight excluding hydrogens is 388 g/mol. The van der Waals surface area contributed by atoms with Crippen LogP contribution in [0.15, 0.2) is 42.5 Å². The summed E-state index contributed by atoms with van der Waals surface area (Å²) in [6.07, 6.45) is 0.581. The van der Waals surface area contributed by atoms with Crippen molar-refractivity contribution in [3.63, 3.8) is 0 Å². The maximum absolute atomic E-state index is 12.4. The second kappa shape index (κ2) is 9.41. The summed E-state index contributed by atoms with van der Waals surface area (Å²) < 4.78 is 0. The minimum atomic E-state index is -0.259. The second-order valence-electron chi connectivity index (χ2n) is 9.55. The topological polar surface area (TPSA) is 64.7 Å². The zero-order valence-electron chi connectivity index (χ0n) is 19.3. The van der Waals surface area contributed by atoms with Gasteiger partial charge in [0, 0.05) is 49.7 Å². The molecule has 6 nitrogen and oxygen atoms in total. The molecule has 1 saturated heterocycles. The van der Waals surface area contributed by atoms with Gasteiger partial charge >= 0.3 is 6.03 Å². The van der Waals surface area contributed by atoms with Crippen LogP contribution < -0.4 is 15.5 Å². The Balaban J connectivity index is 1.51. The fourth-order valence-electron chi connectivity index (χ4n) is 3.77. The highest BCUT2D eigenvalue weighted by atomic mass is 16.2. The number of piperazine rings is 1. The van der Waals surface area contributed by atoms with E-state index in [-0.39, 0.29) is 17.4 Å². The van der Waals surface area contributed by atoms with Crippen molar-refractivity contribution in [2.24, 2.45) is 5.41 Å².